The number of anilines is 1. The molecule has 0 heterocycles. The Morgan fingerprint density at radius 1 is 1.03 bits per heavy atom. The molecule has 0 aromatic heterocycles. The number of non-ortho nitro benzene ring substituents is 1. The van der Waals surface area contributed by atoms with Crippen LogP contribution in [0.1, 0.15) is 22.8 Å². The minimum atomic E-state index is -4.05. The van der Waals surface area contributed by atoms with Gasteiger partial charge in [-0.25, -0.2) is 4.39 Å². The van der Waals surface area contributed by atoms with Gasteiger partial charge in [0.05, 0.1) is 21.1 Å². The minimum Gasteiger partial charge on any atom is -0.322 e. The average molecular weight is 456 g/mol. The molecule has 0 aliphatic carbocycles. The van der Waals surface area contributed by atoms with Gasteiger partial charge in [-0.15, -0.1) is 0 Å². The largest absolute Gasteiger partial charge is 0.322 e. The molecule has 11 heteroatoms. The first-order chi connectivity index (χ1) is 15.2. The van der Waals surface area contributed by atoms with E-state index in [4.69, 9.17) is 0 Å². The van der Waals surface area contributed by atoms with E-state index in [0.29, 0.717) is 11.3 Å². The standard InChI is InChI=1S/C21H17FN4O5S/c1-14(24-25-32(30,31)18-11-9-17(10-12-18)26(28)29)15-5-4-6-16(13-15)23-21(27)19-7-2-3-8-20(19)22/h2-13,25H,1H3,(H,23,27)/b24-14+. The number of nitro groups is 1. The summed E-state index contributed by atoms with van der Waals surface area (Å²) < 4.78 is 38.5. The lowest BCUT2D eigenvalue weighted by molar-refractivity contribution is -0.384. The summed E-state index contributed by atoms with van der Waals surface area (Å²) in [6.45, 7) is 1.55. The summed E-state index contributed by atoms with van der Waals surface area (Å²) in [5.74, 6) is -1.28. The molecule has 0 unspecified atom stereocenters. The van der Waals surface area contributed by atoms with Crippen LogP contribution in [0, 0.1) is 15.9 Å². The molecule has 2 N–H and O–H groups in total. The predicted molar refractivity (Wildman–Crippen MR) is 116 cm³/mol. The number of hydrazone groups is 1. The van der Waals surface area contributed by atoms with E-state index in [1.54, 1.807) is 37.3 Å². The van der Waals surface area contributed by atoms with Crippen LogP contribution in [-0.4, -0.2) is 25.0 Å². The number of hydrogen-bond donors (Lipinski definition) is 2. The molecule has 3 rings (SSSR count). The third-order valence-corrected chi connectivity index (χ3v) is 5.57. The normalized spacial score (nSPS) is 11.6. The van der Waals surface area contributed by atoms with E-state index >= 15 is 0 Å². The van der Waals surface area contributed by atoms with E-state index in [-0.39, 0.29) is 21.9 Å². The van der Waals surface area contributed by atoms with Crippen molar-refractivity contribution in [2.75, 3.05) is 5.32 Å². The van der Waals surface area contributed by atoms with Gasteiger partial charge in [0, 0.05) is 17.8 Å². The van der Waals surface area contributed by atoms with Gasteiger partial charge in [0.15, 0.2) is 0 Å². The SMILES string of the molecule is C/C(=N\NS(=O)(=O)c1ccc([N+](=O)[O-])cc1)c1cccc(NC(=O)c2ccccc2F)c1. The first kappa shape index (κ1) is 22.6. The molecule has 0 radical (unpaired) electrons. The molecule has 3 aromatic carbocycles. The first-order valence-corrected chi connectivity index (χ1v) is 10.6. The minimum absolute atomic E-state index is 0.112. The van der Waals surface area contributed by atoms with Crippen molar-refractivity contribution < 1.29 is 22.5 Å². The Labute approximate surface area is 182 Å². The van der Waals surface area contributed by atoms with E-state index in [9.17, 15) is 27.7 Å². The van der Waals surface area contributed by atoms with Crippen LogP contribution in [0.2, 0.25) is 0 Å². The summed E-state index contributed by atoms with van der Waals surface area (Å²) in [5.41, 5.74) is 0.806. The van der Waals surface area contributed by atoms with E-state index in [1.165, 1.54) is 18.2 Å². The Morgan fingerprint density at radius 2 is 1.72 bits per heavy atom. The van der Waals surface area contributed by atoms with Crippen molar-refractivity contribution in [3.63, 3.8) is 0 Å². The Morgan fingerprint density at radius 3 is 2.38 bits per heavy atom. The highest BCUT2D eigenvalue weighted by Gasteiger charge is 2.16. The number of benzene rings is 3. The summed E-state index contributed by atoms with van der Waals surface area (Å²) in [4.78, 5) is 24.2. The topological polar surface area (TPSA) is 131 Å². The lowest BCUT2D eigenvalue weighted by atomic mass is 10.1. The van der Waals surface area contributed by atoms with E-state index in [0.717, 1.165) is 24.3 Å². The Kier molecular flexibility index (Phi) is 6.59. The lowest BCUT2D eigenvalue weighted by Gasteiger charge is -2.09. The maximum Gasteiger partial charge on any atom is 0.276 e. The number of carbonyl (C=O) groups is 1. The maximum atomic E-state index is 13.8. The van der Waals surface area contributed by atoms with Crippen molar-refractivity contribution in [2.24, 2.45) is 5.10 Å². The first-order valence-electron chi connectivity index (χ1n) is 9.14. The fraction of sp³-hybridized carbons (Fsp3) is 0.0476. The van der Waals surface area contributed by atoms with Gasteiger partial charge in [-0.05, 0) is 48.9 Å². The molecule has 32 heavy (non-hydrogen) atoms. The van der Waals surface area contributed by atoms with Crippen molar-refractivity contribution in [3.05, 3.63) is 99.9 Å². The highest BCUT2D eigenvalue weighted by Crippen LogP contribution is 2.17. The van der Waals surface area contributed by atoms with Crippen LogP contribution in [-0.2, 0) is 10.0 Å². The molecule has 0 aliphatic rings. The highest BCUT2D eigenvalue weighted by molar-refractivity contribution is 7.89. The molecule has 0 spiro atoms. The van der Waals surface area contributed by atoms with Crippen LogP contribution in [0.5, 0.6) is 0 Å². The molecule has 0 fully saturated rings. The van der Waals surface area contributed by atoms with Gasteiger partial charge in [-0.3, -0.25) is 14.9 Å². The van der Waals surface area contributed by atoms with E-state index in [1.807, 2.05) is 0 Å². The zero-order valence-electron chi connectivity index (χ0n) is 16.7. The Balaban J connectivity index is 1.74. The van der Waals surface area contributed by atoms with E-state index in [2.05, 4.69) is 15.2 Å². The van der Waals surface area contributed by atoms with Crippen LogP contribution in [0.25, 0.3) is 0 Å². The Bertz CT molecular complexity index is 1310. The van der Waals surface area contributed by atoms with E-state index < -0.39 is 26.7 Å². The zero-order chi connectivity index (χ0) is 23.3. The highest BCUT2D eigenvalue weighted by atomic mass is 32.2. The summed E-state index contributed by atoms with van der Waals surface area (Å²) in [6.07, 6.45) is 0. The summed E-state index contributed by atoms with van der Waals surface area (Å²) in [5, 5.41) is 17.1. The average Bonchev–Trinajstić information content (AvgIpc) is 2.78. The van der Waals surface area contributed by atoms with Gasteiger partial charge in [-0.2, -0.15) is 18.4 Å². The number of nitrogens with zero attached hydrogens (tertiary/aromatic N) is 2. The van der Waals surface area contributed by atoms with Gasteiger partial charge in [0.2, 0.25) is 0 Å². The fourth-order valence-electron chi connectivity index (χ4n) is 2.66. The van der Waals surface area contributed by atoms with Gasteiger partial charge < -0.3 is 5.32 Å². The molecule has 0 atom stereocenters. The zero-order valence-corrected chi connectivity index (χ0v) is 17.5. The van der Waals surface area contributed by atoms with Crippen LogP contribution >= 0.6 is 0 Å². The molecular formula is C21H17FN4O5S. The van der Waals surface area contributed by atoms with Crippen LogP contribution in [0.4, 0.5) is 15.8 Å². The number of nitrogens with one attached hydrogen (secondary N) is 2. The quantitative estimate of drug-likeness (QED) is 0.318. The second-order valence-corrected chi connectivity index (χ2v) is 8.22. The van der Waals surface area contributed by atoms with Gasteiger partial charge in [0.25, 0.3) is 21.6 Å². The Hall–Kier alpha value is -4.12. The molecule has 0 bridgehead atoms. The number of carbonyl (C=O) groups excluding carboxylic acids is 1. The molecule has 0 saturated heterocycles. The number of rotatable bonds is 7. The maximum absolute atomic E-state index is 13.8. The number of sulfonamides is 1. The summed E-state index contributed by atoms with van der Waals surface area (Å²) in [7, 11) is -4.05. The second-order valence-electron chi connectivity index (χ2n) is 6.56. The summed E-state index contributed by atoms with van der Waals surface area (Å²) in [6, 6.07) is 16.3. The van der Waals surface area contributed by atoms with Gasteiger partial charge in [0.1, 0.15) is 5.82 Å². The van der Waals surface area contributed by atoms with Crippen LogP contribution in [0.3, 0.4) is 0 Å². The summed E-state index contributed by atoms with van der Waals surface area (Å²) >= 11 is 0. The second kappa shape index (κ2) is 9.35. The molecule has 0 saturated carbocycles. The molecule has 9 nitrogen and oxygen atoms in total. The van der Waals surface area contributed by atoms with Gasteiger partial charge in [-0.1, -0.05) is 24.3 Å². The third kappa shape index (κ3) is 5.32. The van der Waals surface area contributed by atoms with Crippen molar-refractivity contribution in [1.29, 1.82) is 0 Å². The van der Waals surface area contributed by atoms with Crippen molar-refractivity contribution in [3.8, 4) is 0 Å². The fourth-order valence-corrected chi connectivity index (χ4v) is 3.52. The number of nitro benzene ring substituents is 1. The predicted octanol–water partition coefficient (Wildman–Crippen LogP) is 3.69. The van der Waals surface area contributed by atoms with Gasteiger partial charge >= 0.3 is 0 Å². The third-order valence-electron chi connectivity index (χ3n) is 4.35. The molecule has 0 aliphatic heterocycles. The molecular weight excluding hydrogens is 439 g/mol. The molecule has 3 aromatic rings. The van der Waals surface area contributed by atoms with Crippen molar-refractivity contribution in [1.82, 2.24) is 4.83 Å². The van der Waals surface area contributed by atoms with Crippen LogP contribution in [0.15, 0.2) is 82.8 Å². The monoisotopic (exact) mass is 456 g/mol. The number of hydrogen-bond acceptors (Lipinski definition) is 6. The smallest absolute Gasteiger partial charge is 0.276 e. The van der Waals surface area contributed by atoms with Crippen molar-refractivity contribution >= 4 is 33.0 Å². The molecule has 1 amide bonds. The van der Waals surface area contributed by atoms with Crippen molar-refractivity contribution in [2.45, 2.75) is 11.8 Å². The molecule has 164 valence electrons. The number of amides is 1. The number of halogens is 1. The van der Waals surface area contributed by atoms with Crippen LogP contribution < -0.4 is 10.1 Å². The lowest BCUT2D eigenvalue weighted by Crippen LogP contribution is -2.20.